The molecule has 0 radical (unpaired) electrons. The molecule has 1 aromatic carbocycles. The lowest BCUT2D eigenvalue weighted by Crippen LogP contribution is -2.07. The van der Waals surface area contributed by atoms with Crippen LogP contribution in [0.1, 0.15) is 30.4 Å². The van der Waals surface area contributed by atoms with Crippen LogP contribution in [0.4, 0.5) is 0 Å². The fraction of sp³-hybridized carbons (Fsp3) is 0.500. The number of ether oxygens (including phenoxy) is 1. The Morgan fingerprint density at radius 3 is 2.80 bits per heavy atom. The average Bonchev–Trinajstić information content (AvgIpc) is 2.21. The van der Waals surface area contributed by atoms with Crippen molar-refractivity contribution in [3.8, 4) is 0 Å². The Kier molecular flexibility index (Phi) is 5.09. The van der Waals surface area contributed by atoms with E-state index < -0.39 is 0 Å². The molecule has 15 heavy (non-hydrogen) atoms. The fourth-order valence-corrected chi connectivity index (χ4v) is 1.90. The highest BCUT2D eigenvalue weighted by Gasteiger charge is 2.10. The first-order valence-corrected chi connectivity index (χ1v) is 5.54. The maximum Gasteiger partial charge on any atom is 0.0715 e. The monoisotopic (exact) mass is 227 g/mol. The number of halogens is 1. The van der Waals surface area contributed by atoms with Gasteiger partial charge in [-0.15, -0.1) is 0 Å². The summed E-state index contributed by atoms with van der Waals surface area (Å²) in [7, 11) is 1.70. The minimum atomic E-state index is 0.429. The number of nitrogens with two attached hydrogens (primary N) is 1. The molecule has 0 aliphatic rings. The van der Waals surface area contributed by atoms with Gasteiger partial charge in [0.15, 0.2) is 0 Å². The SMILES string of the molecule is COCc1ccc(Cl)cc1C(C)CCN. The van der Waals surface area contributed by atoms with E-state index >= 15 is 0 Å². The molecule has 0 fully saturated rings. The molecule has 0 aliphatic carbocycles. The molecule has 0 amide bonds. The topological polar surface area (TPSA) is 35.2 Å². The second-order valence-electron chi connectivity index (χ2n) is 3.75. The summed E-state index contributed by atoms with van der Waals surface area (Å²) in [5.41, 5.74) is 8.01. The lowest BCUT2D eigenvalue weighted by Gasteiger charge is -2.15. The predicted molar refractivity (Wildman–Crippen MR) is 64.3 cm³/mol. The van der Waals surface area contributed by atoms with Gasteiger partial charge in [0.2, 0.25) is 0 Å². The summed E-state index contributed by atoms with van der Waals surface area (Å²) in [4.78, 5) is 0. The van der Waals surface area contributed by atoms with E-state index in [4.69, 9.17) is 22.1 Å². The molecule has 0 heterocycles. The summed E-state index contributed by atoms with van der Waals surface area (Å²) < 4.78 is 5.16. The zero-order chi connectivity index (χ0) is 11.3. The van der Waals surface area contributed by atoms with Gasteiger partial charge in [-0.05, 0) is 42.1 Å². The number of benzene rings is 1. The lowest BCUT2D eigenvalue weighted by molar-refractivity contribution is 0.184. The summed E-state index contributed by atoms with van der Waals surface area (Å²) in [6, 6.07) is 5.93. The van der Waals surface area contributed by atoms with Gasteiger partial charge in [-0.1, -0.05) is 24.6 Å². The second kappa shape index (κ2) is 6.11. The summed E-state index contributed by atoms with van der Waals surface area (Å²) in [5, 5.41) is 0.772. The Morgan fingerprint density at radius 1 is 1.47 bits per heavy atom. The van der Waals surface area contributed by atoms with Crippen LogP contribution in [0.5, 0.6) is 0 Å². The summed E-state index contributed by atoms with van der Waals surface area (Å²) in [6.07, 6.45) is 0.969. The van der Waals surface area contributed by atoms with Crippen LogP contribution in [-0.2, 0) is 11.3 Å². The highest BCUT2D eigenvalue weighted by Crippen LogP contribution is 2.26. The molecular formula is C12H18ClNO. The third-order valence-corrected chi connectivity index (χ3v) is 2.77. The molecule has 1 aromatic rings. The van der Waals surface area contributed by atoms with Crippen LogP contribution in [0.15, 0.2) is 18.2 Å². The minimum absolute atomic E-state index is 0.429. The van der Waals surface area contributed by atoms with Crippen molar-refractivity contribution in [2.75, 3.05) is 13.7 Å². The van der Waals surface area contributed by atoms with Crippen LogP contribution in [-0.4, -0.2) is 13.7 Å². The first-order valence-electron chi connectivity index (χ1n) is 5.16. The van der Waals surface area contributed by atoms with E-state index in [1.807, 2.05) is 18.2 Å². The van der Waals surface area contributed by atoms with Gasteiger partial charge in [-0.2, -0.15) is 0 Å². The van der Waals surface area contributed by atoms with Gasteiger partial charge in [-0.25, -0.2) is 0 Å². The van der Waals surface area contributed by atoms with Gasteiger partial charge in [0, 0.05) is 12.1 Å². The maximum absolute atomic E-state index is 5.99. The molecule has 84 valence electrons. The zero-order valence-electron chi connectivity index (χ0n) is 9.29. The minimum Gasteiger partial charge on any atom is -0.380 e. The molecule has 1 rings (SSSR count). The zero-order valence-corrected chi connectivity index (χ0v) is 10.1. The van der Waals surface area contributed by atoms with E-state index in [1.165, 1.54) is 11.1 Å². The van der Waals surface area contributed by atoms with Crippen molar-refractivity contribution in [2.45, 2.75) is 25.9 Å². The quantitative estimate of drug-likeness (QED) is 0.840. The highest BCUT2D eigenvalue weighted by molar-refractivity contribution is 6.30. The Balaban J connectivity index is 2.95. The lowest BCUT2D eigenvalue weighted by atomic mass is 9.93. The third-order valence-electron chi connectivity index (χ3n) is 2.54. The molecule has 0 aliphatic heterocycles. The van der Waals surface area contributed by atoms with Crippen molar-refractivity contribution in [2.24, 2.45) is 5.73 Å². The third kappa shape index (κ3) is 3.49. The van der Waals surface area contributed by atoms with Gasteiger partial charge >= 0.3 is 0 Å². The first kappa shape index (κ1) is 12.5. The van der Waals surface area contributed by atoms with Crippen molar-refractivity contribution < 1.29 is 4.74 Å². The molecular weight excluding hydrogens is 210 g/mol. The first-order chi connectivity index (χ1) is 7.19. The molecule has 0 saturated heterocycles. The van der Waals surface area contributed by atoms with Gasteiger partial charge in [-0.3, -0.25) is 0 Å². The van der Waals surface area contributed by atoms with E-state index in [0.29, 0.717) is 19.1 Å². The van der Waals surface area contributed by atoms with Gasteiger partial charge in [0.1, 0.15) is 0 Å². The molecule has 0 spiro atoms. The smallest absolute Gasteiger partial charge is 0.0715 e. The maximum atomic E-state index is 5.99. The van der Waals surface area contributed by atoms with Crippen LogP contribution < -0.4 is 5.73 Å². The van der Waals surface area contributed by atoms with Crippen LogP contribution in [0.25, 0.3) is 0 Å². The number of methoxy groups -OCH3 is 1. The van der Waals surface area contributed by atoms with Crippen molar-refractivity contribution in [1.29, 1.82) is 0 Å². The predicted octanol–water partition coefficient (Wildman–Crippen LogP) is 2.94. The fourth-order valence-electron chi connectivity index (χ4n) is 1.72. The largest absolute Gasteiger partial charge is 0.380 e. The molecule has 0 bridgehead atoms. The Bertz CT molecular complexity index is 314. The van der Waals surface area contributed by atoms with Gasteiger partial charge in [0.05, 0.1) is 6.61 Å². The normalized spacial score (nSPS) is 12.8. The van der Waals surface area contributed by atoms with Crippen molar-refractivity contribution in [1.82, 2.24) is 0 Å². The molecule has 1 unspecified atom stereocenters. The van der Waals surface area contributed by atoms with E-state index in [9.17, 15) is 0 Å². The van der Waals surface area contributed by atoms with E-state index in [2.05, 4.69) is 6.92 Å². The molecule has 0 aromatic heterocycles. The van der Waals surface area contributed by atoms with Crippen molar-refractivity contribution in [3.63, 3.8) is 0 Å². The van der Waals surface area contributed by atoms with Crippen molar-refractivity contribution in [3.05, 3.63) is 34.3 Å². The van der Waals surface area contributed by atoms with Crippen LogP contribution >= 0.6 is 11.6 Å². The van der Waals surface area contributed by atoms with Gasteiger partial charge in [0.25, 0.3) is 0 Å². The molecule has 3 heteroatoms. The summed E-state index contributed by atoms with van der Waals surface area (Å²) >= 11 is 5.99. The van der Waals surface area contributed by atoms with Crippen LogP contribution in [0.3, 0.4) is 0 Å². The average molecular weight is 228 g/mol. The molecule has 0 saturated carbocycles. The molecule has 2 nitrogen and oxygen atoms in total. The van der Waals surface area contributed by atoms with E-state index in [-0.39, 0.29) is 0 Å². The molecule has 2 N–H and O–H groups in total. The Morgan fingerprint density at radius 2 is 2.20 bits per heavy atom. The molecule has 1 atom stereocenters. The van der Waals surface area contributed by atoms with Crippen LogP contribution in [0.2, 0.25) is 5.02 Å². The van der Waals surface area contributed by atoms with Crippen LogP contribution in [0, 0.1) is 0 Å². The van der Waals surface area contributed by atoms with E-state index in [1.54, 1.807) is 7.11 Å². The Labute approximate surface area is 96.4 Å². The number of hydrogen-bond acceptors (Lipinski definition) is 2. The Hall–Kier alpha value is -0.570. The number of hydrogen-bond donors (Lipinski definition) is 1. The highest BCUT2D eigenvalue weighted by atomic mass is 35.5. The van der Waals surface area contributed by atoms with Gasteiger partial charge < -0.3 is 10.5 Å². The number of rotatable bonds is 5. The second-order valence-corrected chi connectivity index (χ2v) is 4.19. The standard InChI is InChI=1S/C12H18ClNO/c1-9(5-6-14)12-7-11(13)4-3-10(12)8-15-2/h3-4,7,9H,5-6,8,14H2,1-2H3. The van der Waals surface area contributed by atoms with E-state index in [0.717, 1.165) is 11.4 Å². The van der Waals surface area contributed by atoms with Crippen molar-refractivity contribution >= 4 is 11.6 Å². The summed E-state index contributed by atoms with van der Waals surface area (Å²) in [6.45, 7) is 3.49. The summed E-state index contributed by atoms with van der Waals surface area (Å²) in [5.74, 6) is 0.429.